The topological polar surface area (TPSA) is 37.4 Å². The Hall–Kier alpha value is -0.620. The van der Waals surface area contributed by atoms with Crippen molar-refractivity contribution in [2.75, 3.05) is 16.6 Å². The van der Waals surface area contributed by atoms with Crippen molar-refractivity contribution in [3.05, 3.63) is 28.5 Å². The lowest BCUT2D eigenvalue weighted by Crippen LogP contribution is -2.25. The van der Waals surface area contributed by atoms with E-state index in [1.807, 2.05) is 0 Å². The Bertz CT molecular complexity index is 489. The second-order valence-corrected chi connectivity index (χ2v) is 6.20. The minimum Gasteiger partial charge on any atom is -0.269 e. The largest absolute Gasteiger partial charge is 0.269 e. The predicted octanol–water partition coefficient (Wildman–Crippen LogP) is 2.13. The molecule has 1 aromatic rings. The van der Waals surface area contributed by atoms with Gasteiger partial charge in [-0.1, -0.05) is 0 Å². The second kappa shape index (κ2) is 3.75. The Morgan fingerprint density at radius 2 is 2.13 bits per heavy atom. The first-order chi connectivity index (χ1) is 7.00. The summed E-state index contributed by atoms with van der Waals surface area (Å²) in [6, 6.07) is 4.03. The molecule has 2 rings (SSSR count). The third-order valence-electron chi connectivity index (χ3n) is 2.28. The van der Waals surface area contributed by atoms with Gasteiger partial charge >= 0.3 is 0 Å². The number of hydrogen-bond acceptors (Lipinski definition) is 2. The zero-order chi connectivity index (χ0) is 11.1. The number of sulfonamides is 1. The third kappa shape index (κ3) is 2.01. The van der Waals surface area contributed by atoms with E-state index in [0.717, 1.165) is 0 Å². The summed E-state index contributed by atoms with van der Waals surface area (Å²) >= 11 is 3.22. The fourth-order valence-electron chi connectivity index (χ4n) is 1.59. The van der Waals surface area contributed by atoms with Crippen LogP contribution in [0.4, 0.5) is 10.1 Å². The molecule has 1 aliphatic rings. The summed E-state index contributed by atoms with van der Waals surface area (Å²) < 4.78 is 38.1. The molecule has 1 saturated heterocycles. The van der Waals surface area contributed by atoms with Crippen LogP contribution in [0.2, 0.25) is 0 Å². The maximum Gasteiger partial charge on any atom is 0.235 e. The number of anilines is 1. The van der Waals surface area contributed by atoms with Gasteiger partial charge in [-0.3, -0.25) is 4.31 Å². The number of hydrogen-bond donors (Lipinski definition) is 0. The molecule has 1 heterocycles. The number of rotatable bonds is 1. The zero-order valence-electron chi connectivity index (χ0n) is 7.78. The molecule has 0 amide bonds. The van der Waals surface area contributed by atoms with E-state index in [9.17, 15) is 12.8 Å². The van der Waals surface area contributed by atoms with E-state index in [1.54, 1.807) is 0 Å². The van der Waals surface area contributed by atoms with E-state index < -0.39 is 15.8 Å². The van der Waals surface area contributed by atoms with Gasteiger partial charge in [-0.05, 0) is 40.5 Å². The predicted molar refractivity (Wildman–Crippen MR) is 59.8 cm³/mol. The SMILES string of the molecule is O=S1(=O)CCCN1c1cc(F)ccc1Br. The van der Waals surface area contributed by atoms with Crippen LogP contribution in [-0.4, -0.2) is 20.7 Å². The van der Waals surface area contributed by atoms with Gasteiger partial charge in [0.2, 0.25) is 10.0 Å². The lowest BCUT2D eigenvalue weighted by atomic mass is 10.3. The average molecular weight is 294 g/mol. The van der Waals surface area contributed by atoms with Crippen LogP contribution in [0.3, 0.4) is 0 Å². The van der Waals surface area contributed by atoms with Gasteiger partial charge in [0, 0.05) is 11.0 Å². The summed E-state index contributed by atoms with van der Waals surface area (Å²) in [6.45, 7) is 0.421. The molecule has 0 aromatic heterocycles. The molecule has 0 aliphatic carbocycles. The van der Waals surface area contributed by atoms with E-state index in [0.29, 0.717) is 23.1 Å². The molecule has 0 saturated carbocycles. The first kappa shape index (κ1) is 10.9. The molecular formula is C9H9BrFNO2S. The van der Waals surface area contributed by atoms with Crippen molar-refractivity contribution < 1.29 is 12.8 Å². The maximum absolute atomic E-state index is 13.0. The van der Waals surface area contributed by atoms with Gasteiger partial charge in [0.05, 0.1) is 11.4 Å². The lowest BCUT2D eigenvalue weighted by Gasteiger charge is -2.18. The van der Waals surface area contributed by atoms with Crippen molar-refractivity contribution in [2.24, 2.45) is 0 Å². The van der Waals surface area contributed by atoms with Crippen molar-refractivity contribution in [3.63, 3.8) is 0 Å². The molecule has 82 valence electrons. The van der Waals surface area contributed by atoms with Crippen LogP contribution >= 0.6 is 15.9 Å². The summed E-state index contributed by atoms with van der Waals surface area (Å²) in [7, 11) is -3.24. The molecule has 0 radical (unpaired) electrons. The fraction of sp³-hybridized carbons (Fsp3) is 0.333. The Morgan fingerprint density at radius 1 is 1.40 bits per heavy atom. The summed E-state index contributed by atoms with van der Waals surface area (Å²) in [5.41, 5.74) is 0.382. The van der Waals surface area contributed by atoms with Crippen molar-refractivity contribution >= 4 is 31.6 Å². The highest BCUT2D eigenvalue weighted by Crippen LogP contribution is 2.31. The summed E-state index contributed by atoms with van der Waals surface area (Å²) in [5.74, 6) is -0.300. The van der Waals surface area contributed by atoms with Crippen LogP contribution in [0.15, 0.2) is 22.7 Å². The zero-order valence-corrected chi connectivity index (χ0v) is 10.2. The van der Waals surface area contributed by atoms with Crippen LogP contribution in [0.1, 0.15) is 6.42 Å². The molecule has 6 heteroatoms. The van der Waals surface area contributed by atoms with Gasteiger partial charge < -0.3 is 0 Å². The van der Waals surface area contributed by atoms with Gasteiger partial charge in [-0.15, -0.1) is 0 Å². The molecule has 15 heavy (non-hydrogen) atoms. The van der Waals surface area contributed by atoms with Crippen molar-refractivity contribution in [2.45, 2.75) is 6.42 Å². The van der Waals surface area contributed by atoms with Crippen LogP contribution in [0.25, 0.3) is 0 Å². The molecule has 1 fully saturated rings. The first-order valence-electron chi connectivity index (χ1n) is 4.46. The van der Waals surface area contributed by atoms with Crippen LogP contribution in [-0.2, 0) is 10.0 Å². The second-order valence-electron chi connectivity index (χ2n) is 3.34. The molecule has 0 atom stereocenters. The van der Waals surface area contributed by atoms with Crippen molar-refractivity contribution in [3.8, 4) is 0 Å². The highest BCUT2D eigenvalue weighted by molar-refractivity contribution is 9.10. The molecular weight excluding hydrogens is 285 g/mol. The first-order valence-corrected chi connectivity index (χ1v) is 6.86. The Balaban J connectivity index is 2.50. The van der Waals surface area contributed by atoms with Crippen LogP contribution < -0.4 is 4.31 Å². The van der Waals surface area contributed by atoms with E-state index in [4.69, 9.17) is 0 Å². The summed E-state index contributed by atoms with van der Waals surface area (Å²) in [5, 5.41) is 0. The molecule has 0 unspecified atom stereocenters. The molecule has 0 bridgehead atoms. The normalized spacial score (nSPS) is 19.5. The highest BCUT2D eigenvalue weighted by atomic mass is 79.9. The number of nitrogens with zero attached hydrogens (tertiary/aromatic N) is 1. The van der Waals surface area contributed by atoms with Gasteiger partial charge in [0.1, 0.15) is 5.82 Å². The molecule has 0 spiro atoms. The molecule has 1 aliphatic heterocycles. The smallest absolute Gasteiger partial charge is 0.235 e. The van der Waals surface area contributed by atoms with E-state index in [1.165, 1.54) is 22.5 Å². The van der Waals surface area contributed by atoms with Gasteiger partial charge in [0.15, 0.2) is 0 Å². The van der Waals surface area contributed by atoms with E-state index in [-0.39, 0.29) is 5.75 Å². The standard InChI is InChI=1S/C9H9BrFNO2S/c10-8-3-2-7(11)6-9(8)12-4-1-5-15(12,13)14/h2-3,6H,1,4-5H2. The summed E-state index contributed by atoms with van der Waals surface area (Å²) in [4.78, 5) is 0. The Morgan fingerprint density at radius 3 is 2.73 bits per heavy atom. The summed E-state index contributed by atoms with van der Waals surface area (Å²) in [6.07, 6.45) is 0.589. The Kier molecular flexibility index (Phi) is 2.72. The van der Waals surface area contributed by atoms with Gasteiger partial charge in [-0.25, -0.2) is 12.8 Å². The molecule has 0 N–H and O–H groups in total. The van der Waals surface area contributed by atoms with Crippen molar-refractivity contribution in [1.82, 2.24) is 0 Å². The minimum atomic E-state index is -3.24. The Labute approximate surface area is 96.1 Å². The highest BCUT2D eigenvalue weighted by Gasteiger charge is 2.29. The quantitative estimate of drug-likeness (QED) is 0.795. The van der Waals surface area contributed by atoms with E-state index in [2.05, 4.69) is 15.9 Å². The fourth-order valence-corrected chi connectivity index (χ4v) is 3.74. The lowest BCUT2D eigenvalue weighted by molar-refractivity contribution is 0.599. The number of halogens is 2. The average Bonchev–Trinajstić information content (AvgIpc) is 2.50. The molecule has 1 aromatic carbocycles. The van der Waals surface area contributed by atoms with Crippen molar-refractivity contribution in [1.29, 1.82) is 0 Å². The number of benzene rings is 1. The minimum absolute atomic E-state index is 0.135. The van der Waals surface area contributed by atoms with E-state index >= 15 is 0 Å². The van der Waals surface area contributed by atoms with Gasteiger partial charge in [0.25, 0.3) is 0 Å². The van der Waals surface area contributed by atoms with Crippen LogP contribution in [0, 0.1) is 5.82 Å². The monoisotopic (exact) mass is 293 g/mol. The third-order valence-corrected chi connectivity index (χ3v) is 4.80. The van der Waals surface area contributed by atoms with Crippen LogP contribution in [0.5, 0.6) is 0 Å². The van der Waals surface area contributed by atoms with Gasteiger partial charge in [-0.2, -0.15) is 0 Å². The molecule has 3 nitrogen and oxygen atoms in total. The maximum atomic E-state index is 13.0.